The molecule has 0 aromatic heterocycles. The van der Waals surface area contributed by atoms with E-state index in [0.717, 1.165) is 28.2 Å². The topological polar surface area (TPSA) is 50.4 Å². The van der Waals surface area contributed by atoms with E-state index in [9.17, 15) is 4.79 Å². The van der Waals surface area contributed by atoms with Crippen molar-refractivity contribution in [3.8, 4) is 5.75 Å². The predicted molar refractivity (Wildman–Crippen MR) is 90.1 cm³/mol. The Morgan fingerprint density at radius 3 is 2.76 bits per heavy atom. The number of amides is 1. The number of carbonyl (C=O) groups excluding carboxylic acids is 1. The van der Waals surface area contributed by atoms with Gasteiger partial charge in [0.2, 0.25) is 5.91 Å². The van der Waals surface area contributed by atoms with E-state index in [4.69, 9.17) is 4.74 Å². The minimum absolute atomic E-state index is 0. The molecule has 2 rings (SSSR count). The van der Waals surface area contributed by atoms with Crippen molar-refractivity contribution < 1.29 is 9.53 Å². The third kappa shape index (κ3) is 5.85. The van der Waals surface area contributed by atoms with Crippen LogP contribution < -0.4 is 15.4 Å². The van der Waals surface area contributed by atoms with E-state index in [1.165, 1.54) is 12.8 Å². The Labute approximate surface area is 140 Å². The molecule has 4 nitrogen and oxygen atoms in total. The normalized spacial score (nSPS) is 15.0. The van der Waals surface area contributed by atoms with E-state index in [2.05, 4.69) is 26.6 Å². The SMILES string of the molecule is COc1ccc(C(C)NC(=O)CNCC2CC2)cc1Br.Cl. The van der Waals surface area contributed by atoms with Crippen LogP contribution in [0.2, 0.25) is 0 Å². The van der Waals surface area contributed by atoms with Crippen LogP contribution in [0.15, 0.2) is 22.7 Å². The molecule has 1 unspecified atom stereocenters. The number of hydrogen-bond acceptors (Lipinski definition) is 3. The molecule has 1 atom stereocenters. The lowest BCUT2D eigenvalue weighted by Gasteiger charge is -2.16. The molecule has 2 N–H and O–H groups in total. The Kier molecular flexibility index (Phi) is 7.49. The van der Waals surface area contributed by atoms with Crippen LogP contribution in [0, 0.1) is 5.92 Å². The zero-order valence-corrected chi connectivity index (χ0v) is 14.7. The van der Waals surface area contributed by atoms with Gasteiger partial charge in [0.25, 0.3) is 0 Å². The van der Waals surface area contributed by atoms with Crippen molar-refractivity contribution in [2.45, 2.75) is 25.8 Å². The maximum Gasteiger partial charge on any atom is 0.234 e. The molecule has 6 heteroatoms. The molecule has 21 heavy (non-hydrogen) atoms. The largest absolute Gasteiger partial charge is 0.496 e. The van der Waals surface area contributed by atoms with Crippen molar-refractivity contribution in [3.63, 3.8) is 0 Å². The molecular weight excluding hydrogens is 356 g/mol. The molecule has 1 aliphatic carbocycles. The number of ether oxygens (including phenoxy) is 1. The third-order valence-corrected chi connectivity index (χ3v) is 4.09. The molecular formula is C15H22BrClN2O2. The van der Waals surface area contributed by atoms with Crippen LogP contribution in [-0.4, -0.2) is 26.1 Å². The minimum atomic E-state index is -0.0209. The lowest BCUT2D eigenvalue weighted by atomic mass is 10.1. The van der Waals surface area contributed by atoms with E-state index in [0.29, 0.717) is 6.54 Å². The van der Waals surface area contributed by atoms with Crippen LogP contribution in [0.3, 0.4) is 0 Å². The maximum absolute atomic E-state index is 11.8. The maximum atomic E-state index is 11.8. The first kappa shape index (κ1) is 18.3. The number of rotatable bonds is 7. The average Bonchev–Trinajstić information content (AvgIpc) is 3.22. The average molecular weight is 378 g/mol. The molecule has 0 spiro atoms. The zero-order chi connectivity index (χ0) is 14.5. The summed E-state index contributed by atoms with van der Waals surface area (Å²) in [7, 11) is 1.64. The zero-order valence-electron chi connectivity index (χ0n) is 12.3. The second-order valence-corrected chi connectivity index (χ2v) is 6.11. The van der Waals surface area contributed by atoms with Crippen LogP contribution >= 0.6 is 28.3 Å². The van der Waals surface area contributed by atoms with Gasteiger partial charge >= 0.3 is 0 Å². The van der Waals surface area contributed by atoms with Gasteiger partial charge in [0.05, 0.1) is 24.2 Å². The number of carbonyl (C=O) groups is 1. The first-order valence-electron chi connectivity index (χ1n) is 6.93. The molecule has 0 heterocycles. The predicted octanol–water partition coefficient (Wildman–Crippen LogP) is 3.06. The summed E-state index contributed by atoms with van der Waals surface area (Å²) < 4.78 is 6.09. The van der Waals surface area contributed by atoms with Gasteiger partial charge in [-0.15, -0.1) is 12.4 Å². The Balaban J connectivity index is 0.00000220. The smallest absolute Gasteiger partial charge is 0.234 e. The van der Waals surface area contributed by atoms with E-state index in [1.54, 1.807) is 7.11 Å². The summed E-state index contributed by atoms with van der Waals surface area (Å²) in [6.07, 6.45) is 2.59. The minimum Gasteiger partial charge on any atom is -0.496 e. The lowest BCUT2D eigenvalue weighted by Crippen LogP contribution is -2.36. The number of hydrogen-bond donors (Lipinski definition) is 2. The number of methoxy groups -OCH3 is 1. The fraction of sp³-hybridized carbons (Fsp3) is 0.533. The van der Waals surface area contributed by atoms with Gasteiger partial charge in [-0.2, -0.15) is 0 Å². The quantitative estimate of drug-likeness (QED) is 0.768. The Hall–Kier alpha value is -0.780. The number of nitrogens with one attached hydrogen (secondary N) is 2. The monoisotopic (exact) mass is 376 g/mol. The second-order valence-electron chi connectivity index (χ2n) is 5.26. The van der Waals surface area contributed by atoms with Crippen LogP contribution in [0.4, 0.5) is 0 Å². The lowest BCUT2D eigenvalue weighted by molar-refractivity contribution is -0.120. The fourth-order valence-corrected chi connectivity index (χ4v) is 2.60. The van der Waals surface area contributed by atoms with Gasteiger partial charge in [-0.05, 0) is 65.9 Å². The fourth-order valence-electron chi connectivity index (χ4n) is 2.04. The highest BCUT2D eigenvalue weighted by atomic mass is 79.9. The van der Waals surface area contributed by atoms with Crippen molar-refractivity contribution in [1.29, 1.82) is 0 Å². The molecule has 0 aliphatic heterocycles. The highest BCUT2D eigenvalue weighted by Crippen LogP contribution is 2.28. The van der Waals surface area contributed by atoms with E-state index in [1.807, 2.05) is 25.1 Å². The summed E-state index contributed by atoms with van der Waals surface area (Å²) in [5.74, 6) is 1.61. The van der Waals surface area contributed by atoms with Crippen LogP contribution in [0.5, 0.6) is 5.75 Å². The summed E-state index contributed by atoms with van der Waals surface area (Å²) in [6, 6.07) is 5.81. The molecule has 118 valence electrons. The summed E-state index contributed by atoms with van der Waals surface area (Å²) in [6.45, 7) is 3.32. The summed E-state index contributed by atoms with van der Waals surface area (Å²) >= 11 is 3.46. The van der Waals surface area contributed by atoms with E-state index >= 15 is 0 Å². The van der Waals surface area contributed by atoms with Gasteiger partial charge in [0.1, 0.15) is 5.75 Å². The Morgan fingerprint density at radius 2 is 2.19 bits per heavy atom. The van der Waals surface area contributed by atoms with Gasteiger partial charge < -0.3 is 15.4 Å². The first-order valence-corrected chi connectivity index (χ1v) is 7.73. The van der Waals surface area contributed by atoms with Crippen molar-refractivity contribution in [3.05, 3.63) is 28.2 Å². The molecule has 1 amide bonds. The first-order chi connectivity index (χ1) is 9.60. The molecule has 1 aliphatic rings. The van der Waals surface area contributed by atoms with Gasteiger partial charge in [-0.1, -0.05) is 6.07 Å². The van der Waals surface area contributed by atoms with Gasteiger partial charge in [-0.25, -0.2) is 0 Å². The summed E-state index contributed by atoms with van der Waals surface area (Å²) in [4.78, 5) is 11.8. The van der Waals surface area contributed by atoms with Crippen molar-refractivity contribution >= 4 is 34.2 Å². The van der Waals surface area contributed by atoms with Crippen LogP contribution in [-0.2, 0) is 4.79 Å². The molecule has 1 fully saturated rings. The van der Waals surface area contributed by atoms with Crippen molar-refractivity contribution in [2.24, 2.45) is 5.92 Å². The molecule has 1 saturated carbocycles. The molecule has 1 aromatic carbocycles. The van der Waals surface area contributed by atoms with Gasteiger partial charge in [0.15, 0.2) is 0 Å². The highest BCUT2D eigenvalue weighted by Gasteiger charge is 2.20. The van der Waals surface area contributed by atoms with E-state index < -0.39 is 0 Å². The second kappa shape index (κ2) is 8.61. The molecule has 0 radical (unpaired) electrons. The summed E-state index contributed by atoms with van der Waals surface area (Å²) in [5, 5.41) is 6.18. The van der Waals surface area contributed by atoms with Crippen molar-refractivity contribution in [1.82, 2.24) is 10.6 Å². The number of benzene rings is 1. The third-order valence-electron chi connectivity index (χ3n) is 3.47. The molecule has 0 saturated heterocycles. The Morgan fingerprint density at radius 1 is 1.48 bits per heavy atom. The van der Waals surface area contributed by atoms with E-state index in [-0.39, 0.29) is 24.4 Å². The summed E-state index contributed by atoms with van der Waals surface area (Å²) in [5.41, 5.74) is 1.05. The standard InChI is InChI=1S/C15H21BrN2O2.ClH/c1-10(12-5-6-14(20-2)13(16)7-12)18-15(19)9-17-8-11-3-4-11;/h5-7,10-11,17H,3-4,8-9H2,1-2H3,(H,18,19);1H. The van der Waals surface area contributed by atoms with Gasteiger partial charge in [0, 0.05) is 0 Å². The highest BCUT2D eigenvalue weighted by molar-refractivity contribution is 9.10. The molecule has 0 bridgehead atoms. The van der Waals surface area contributed by atoms with Crippen LogP contribution in [0.1, 0.15) is 31.4 Å². The van der Waals surface area contributed by atoms with Gasteiger partial charge in [-0.3, -0.25) is 4.79 Å². The molecule has 1 aromatic rings. The van der Waals surface area contributed by atoms with Crippen LogP contribution in [0.25, 0.3) is 0 Å². The van der Waals surface area contributed by atoms with Crippen molar-refractivity contribution in [2.75, 3.05) is 20.2 Å². The number of halogens is 2. The Bertz CT molecular complexity index is 481.